The van der Waals surface area contributed by atoms with Crippen molar-refractivity contribution in [3.63, 3.8) is 0 Å². The van der Waals surface area contributed by atoms with Crippen molar-refractivity contribution in [3.05, 3.63) is 47.5 Å². The topological polar surface area (TPSA) is 76.4 Å². The summed E-state index contributed by atoms with van der Waals surface area (Å²) in [6, 6.07) is 10.4. The Hall–Kier alpha value is -1.68. The maximum Gasteiger partial charge on any atom is 0.192 e. The molecule has 0 spiro atoms. The third-order valence-electron chi connectivity index (χ3n) is 4.45. The fraction of sp³-hybridized carbons (Fsp3) is 0.526. The summed E-state index contributed by atoms with van der Waals surface area (Å²) < 4.78 is 7.44. The lowest BCUT2D eigenvalue weighted by Crippen LogP contribution is -2.46. The second-order valence-electron chi connectivity index (χ2n) is 6.98. The van der Waals surface area contributed by atoms with Gasteiger partial charge in [0.25, 0.3) is 0 Å². The molecular formula is C19H31IN6O. The molecule has 0 aliphatic rings. The Morgan fingerprint density at radius 2 is 1.93 bits per heavy atom. The van der Waals surface area contributed by atoms with Gasteiger partial charge in [0.15, 0.2) is 11.8 Å². The van der Waals surface area contributed by atoms with Crippen LogP contribution >= 0.6 is 24.0 Å². The van der Waals surface area contributed by atoms with E-state index in [-0.39, 0.29) is 35.6 Å². The number of guanidine groups is 1. The van der Waals surface area contributed by atoms with E-state index in [9.17, 15) is 0 Å². The zero-order valence-electron chi connectivity index (χ0n) is 17.0. The van der Waals surface area contributed by atoms with E-state index in [1.165, 1.54) is 5.56 Å². The van der Waals surface area contributed by atoms with E-state index in [1.807, 2.05) is 50.6 Å². The molecule has 2 N–H and O–H groups in total. The van der Waals surface area contributed by atoms with E-state index >= 15 is 0 Å². The molecular weight excluding hydrogens is 455 g/mol. The quantitative estimate of drug-likeness (QED) is 0.358. The van der Waals surface area contributed by atoms with Gasteiger partial charge in [0.1, 0.15) is 12.4 Å². The molecule has 1 aromatic heterocycles. The van der Waals surface area contributed by atoms with E-state index < -0.39 is 0 Å². The molecule has 2 rings (SSSR count). The van der Waals surface area contributed by atoms with Crippen LogP contribution in [0.15, 0.2) is 35.3 Å². The third kappa shape index (κ3) is 7.10. The number of hydrogen-bond donors (Lipinski definition) is 2. The minimum atomic E-state index is -0.292. The van der Waals surface area contributed by atoms with Gasteiger partial charge in [0.2, 0.25) is 0 Å². The molecule has 8 heteroatoms. The minimum Gasteiger partial charge on any atom is -0.377 e. The number of nitrogens with zero attached hydrogens (tertiary/aromatic N) is 4. The number of aryl methyl sites for hydroxylation is 1. The predicted molar refractivity (Wildman–Crippen MR) is 119 cm³/mol. The predicted octanol–water partition coefficient (Wildman–Crippen LogP) is 2.96. The lowest BCUT2D eigenvalue weighted by molar-refractivity contribution is 0.0268. The van der Waals surface area contributed by atoms with Crippen molar-refractivity contribution >= 4 is 29.9 Å². The normalized spacial score (nSPS) is 13.0. The number of methoxy groups -OCH3 is 1. The second kappa shape index (κ2) is 10.6. The van der Waals surface area contributed by atoms with E-state index in [0.29, 0.717) is 19.0 Å². The van der Waals surface area contributed by atoms with E-state index in [2.05, 4.69) is 44.9 Å². The number of halogens is 1. The molecule has 0 fully saturated rings. The summed E-state index contributed by atoms with van der Waals surface area (Å²) in [5, 5.41) is 15.1. The highest BCUT2D eigenvalue weighted by molar-refractivity contribution is 14.0. The van der Waals surface area contributed by atoms with Crippen molar-refractivity contribution in [1.29, 1.82) is 0 Å². The van der Waals surface area contributed by atoms with Gasteiger partial charge in [-0.1, -0.05) is 30.3 Å². The first kappa shape index (κ1) is 23.4. The van der Waals surface area contributed by atoms with Crippen LogP contribution in [0.3, 0.4) is 0 Å². The van der Waals surface area contributed by atoms with Crippen LogP contribution in [-0.4, -0.2) is 40.0 Å². The molecule has 0 aliphatic heterocycles. The van der Waals surface area contributed by atoms with Crippen LogP contribution in [0, 0.1) is 6.92 Å². The van der Waals surface area contributed by atoms with Gasteiger partial charge in [-0.15, -0.1) is 34.2 Å². The van der Waals surface area contributed by atoms with Crippen LogP contribution in [0.1, 0.15) is 44.0 Å². The van der Waals surface area contributed by atoms with Crippen molar-refractivity contribution in [1.82, 2.24) is 25.4 Å². The van der Waals surface area contributed by atoms with Crippen molar-refractivity contribution in [2.45, 2.75) is 45.9 Å². The van der Waals surface area contributed by atoms with Crippen LogP contribution in [0.5, 0.6) is 0 Å². The number of nitrogens with one attached hydrogen (secondary N) is 2. The monoisotopic (exact) mass is 486 g/mol. The molecule has 1 aromatic carbocycles. The van der Waals surface area contributed by atoms with E-state index in [0.717, 1.165) is 11.6 Å². The smallest absolute Gasteiger partial charge is 0.192 e. The molecule has 2 aromatic rings. The largest absolute Gasteiger partial charge is 0.377 e. The number of aromatic nitrogens is 3. The highest BCUT2D eigenvalue weighted by atomic mass is 127. The summed E-state index contributed by atoms with van der Waals surface area (Å²) in [7, 11) is 3.65. The van der Waals surface area contributed by atoms with Gasteiger partial charge in [-0.25, -0.2) is 4.99 Å². The Balaban J connectivity index is 0.00000364. The summed E-state index contributed by atoms with van der Waals surface area (Å²) in [5.41, 5.74) is 0.905. The maximum absolute atomic E-state index is 5.49. The van der Waals surface area contributed by atoms with Crippen LogP contribution in [0.25, 0.3) is 0 Å². The fourth-order valence-corrected chi connectivity index (χ4v) is 2.29. The summed E-state index contributed by atoms with van der Waals surface area (Å²) in [4.78, 5) is 4.69. The summed E-state index contributed by atoms with van der Waals surface area (Å²) in [5.74, 6) is 2.41. The van der Waals surface area contributed by atoms with Crippen molar-refractivity contribution in [2.24, 2.45) is 12.0 Å². The Morgan fingerprint density at radius 3 is 2.48 bits per heavy atom. The molecule has 0 saturated carbocycles. The van der Waals surface area contributed by atoms with Crippen LogP contribution in [0.2, 0.25) is 0 Å². The maximum atomic E-state index is 5.49. The standard InChI is InChI=1S/C19H30N6O.HI/c1-14(16-10-8-7-9-11-16)22-18(21-13-19(3,4)26-6)20-12-17-24-23-15(2)25(17)5;/h7-11,14H,12-13H2,1-6H3,(H2,20,21,22);1H. The molecule has 7 nitrogen and oxygen atoms in total. The lowest BCUT2D eigenvalue weighted by Gasteiger charge is -2.26. The third-order valence-corrected chi connectivity index (χ3v) is 4.45. The number of benzene rings is 1. The molecule has 0 radical (unpaired) electrons. The molecule has 150 valence electrons. The van der Waals surface area contributed by atoms with Gasteiger partial charge in [-0.2, -0.15) is 0 Å². The fourth-order valence-electron chi connectivity index (χ4n) is 2.29. The molecule has 0 bridgehead atoms. The zero-order valence-corrected chi connectivity index (χ0v) is 19.3. The second-order valence-corrected chi connectivity index (χ2v) is 6.98. The van der Waals surface area contributed by atoms with Crippen LogP contribution in [0.4, 0.5) is 0 Å². The highest BCUT2D eigenvalue weighted by Gasteiger charge is 2.18. The molecule has 0 aliphatic carbocycles. The first-order valence-corrected chi connectivity index (χ1v) is 8.82. The van der Waals surface area contributed by atoms with Crippen LogP contribution in [-0.2, 0) is 18.3 Å². The van der Waals surface area contributed by atoms with Gasteiger partial charge >= 0.3 is 0 Å². The average Bonchev–Trinajstić information content (AvgIpc) is 2.96. The van der Waals surface area contributed by atoms with Crippen LogP contribution < -0.4 is 10.6 Å². The van der Waals surface area contributed by atoms with Crippen molar-refractivity contribution < 1.29 is 4.74 Å². The summed E-state index contributed by atoms with van der Waals surface area (Å²) in [6.07, 6.45) is 0. The van der Waals surface area contributed by atoms with Gasteiger partial charge < -0.3 is 19.9 Å². The molecule has 1 unspecified atom stereocenters. The molecule has 27 heavy (non-hydrogen) atoms. The Labute approximate surface area is 179 Å². The first-order chi connectivity index (χ1) is 12.3. The Bertz CT molecular complexity index is 729. The molecule has 1 atom stereocenters. The van der Waals surface area contributed by atoms with E-state index in [1.54, 1.807) is 7.11 Å². The number of rotatable bonds is 7. The van der Waals surface area contributed by atoms with E-state index in [4.69, 9.17) is 4.74 Å². The van der Waals surface area contributed by atoms with Crippen molar-refractivity contribution in [3.8, 4) is 0 Å². The minimum absolute atomic E-state index is 0. The first-order valence-electron chi connectivity index (χ1n) is 8.82. The van der Waals surface area contributed by atoms with Crippen molar-refractivity contribution in [2.75, 3.05) is 13.7 Å². The van der Waals surface area contributed by atoms with Gasteiger partial charge in [0, 0.05) is 20.7 Å². The van der Waals surface area contributed by atoms with Gasteiger partial charge in [-0.05, 0) is 33.3 Å². The average molecular weight is 486 g/mol. The highest BCUT2D eigenvalue weighted by Crippen LogP contribution is 2.11. The zero-order chi connectivity index (χ0) is 19.2. The number of ether oxygens (including phenoxy) is 1. The Kier molecular flexibility index (Phi) is 9.17. The number of aliphatic imine (C=N–C) groups is 1. The molecule has 0 saturated heterocycles. The molecule has 1 heterocycles. The molecule has 0 amide bonds. The van der Waals surface area contributed by atoms with Gasteiger partial charge in [0.05, 0.1) is 11.6 Å². The number of hydrogen-bond acceptors (Lipinski definition) is 4. The SMILES string of the molecule is COC(C)(C)CNC(=NCc1nnc(C)n1C)NC(C)c1ccccc1.I. The summed E-state index contributed by atoms with van der Waals surface area (Å²) >= 11 is 0. The summed E-state index contributed by atoms with van der Waals surface area (Å²) in [6.45, 7) is 9.18. The lowest BCUT2D eigenvalue weighted by atomic mass is 10.1. The Morgan fingerprint density at radius 1 is 1.26 bits per heavy atom. The van der Waals surface area contributed by atoms with Gasteiger partial charge in [-0.3, -0.25) is 0 Å².